The Bertz CT molecular complexity index is 1470. The van der Waals surface area contributed by atoms with Gasteiger partial charge in [0.15, 0.2) is 0 Å². The van der Waals surface area contributed by atoms with E-state index in [1.165, 1.54) is 37.0 Å². The van der Waals surface area contributed by atoms with E-state index in [0.717, 1.165) is 23.1 Å². The van der Waals surface area contributed by atoms with Crippen LogP contribution >= 0.6 is 0 Å². The number of aliphatic hydroxyl groups excluding tert-OH is 2. The monoisotopic (exact) mass is 692 g/mol. The Morgan fingerprint density at radius 1 is 0.820 bits per heavy atom. The minimum absolute atomic E-state index is 0.126. The lowest BCUT2D eigenvalue weighted by molar-refractivity contribution is -0.240. The second kappa shape index (κ2) is 19.9. The SMILES string of the molecule is C=C(CO)C(=O)OCC(COC(=O)C(=C)CO)C1CCC(OC(F)(F)C(=C)/C=C\C(=C)c2ccc(-c3ccc(CCCCC)cc3)cc2)CC1. The molecular weight excluding hydrogens is 642 g/mol. The van der Waals surface area contributed by atoms with Gasteiger partial charge in [0.1, 0.15) is 0 Å². The molecule has 0 unspecified atom stereocenters. The number of carbonyl (C=O) groups is 2. The number of allylic oxidation sites excluding steroid dienone is 2. The second-order valence-corrected chi connectivity index (χ2v) is 12.8. The number of hydrogen-bond acceptors (Lipinski definition) is 7. The molecule has 3 rings (SSSR count). The summed E-state index contributed by atoms with van der Waals surface area (Å²) in [6.45, 7) is 15.3. The van der Waals surface area contributed by atoms with Gasteiger partial charge >= 0.3 is 18.0 Å². The van der Waals surface area contributed by atoms with Gasteiger partial charge in [0.05, 0.1) is 43.7 Å². The van der Waals surface area contributed by atoms with Crippen LogP contribution in [0.25, 0.3) is 16.7 Å². The standard InChI is InChI=1S/C41H50F2O7/c1-6-7-8-9-32-12-14-34(15-13-32)35-18-16-33(17-19-35)28(2)10-11-31(5)41(42,43)50-38-22-20-36(21-23-38)37(26-48-39(46)29(3)24-44)27-49-40(47)30(4)25-45/h10-19,36-38,44-45H,2-9,20-27H2,1H3/b11-10-. The number of esters is 2. The molecule has 1 aliphatic carbocycles. The summed E-state index contributed by atoms with van der Waals surface area (Å²) in [6, 6.07) is 16.3. The molecule has 0 aromatic heterocycles. The molecule has 0 spiro atoms. The topological polar surface area (TPSA) is 102 Å². The van der Waals surface area contributed by atoms with Crippen molar-refractivity contribution in [1.82, 2.24) is 0 Å². The highest BCUT2D eigenvalue weighted by molar-refractivity contribution is 5.88. The quantitative estimate of drug-likeness (QED) is 0.0625. The highest BCUT2D eigenvalue weighted by Crippen LogP contribution is 2.37. The summed E-state index contributed by atoms with van der Waals surface area (Å²) in [5.74, 6) is -2.17. The first kappa shape index (κ1) is 40.3. The van der Waals surface area contributed by atoms with Crippen LogP contribution in [0.3, 0.4) is 0 Å². The van der Waals surface area contributed by atoms with Crippen molar-refractivity contribution in [2.24, 2.45) is 11.8 Å². The Morgan fingerprint density at radius 2 is 1.34 bits per heavy atom. The van der Waals surface area contributed by atoms with E-state index in [1.807, 2.05) is 24.3 Å². The molecule has 0 amide bonds. The van der Waals surface area contributed by atoms with Gasteiger partial charge in [-0.25, -0.2) is 9.59 Å². The summed E-state index contributed by atoms with van der Waals surface area (Å²) in [5.41, 5.74) is 4.08. The van der Waals surface area contributed by atoms with Crippen LogP contribution in [-0.4, -0.2) is 60.8 Å². The Hall–Kier alpha value is -4.18. The van der Waals surface area contributed by atoms with Gasteiger partial charge in [0.25, 0.3) is 0 Å². The average molecular weight is 693 g/mol. The third-order valence-corrected chi connectivity index (χ3v) is 8.99. The number of rotatable bonds is 20. The number of benzene rings is 2. The van der Waals surface area contributed by atoms with Crippen molar-refractivity contribution in [3.05, 3.63) is 115 Å². The first-order valence-corrected chi connectivity index (χ1v) is 17.1. The predicted octanol–water partition coefficient (Wildman–Crippen LogP) is 8.18. The van der Waals surface area contributed by atoms with Crippen molar-refractivity contribution >= 4 is 17.5 Å². The highest BCUT2D eigenvalue weighted by atomic mass is 19.3. The van der Waals surface area contributed by atoms with Gasteiger partial charge in [-0.2, -0.15) is 8.78 Å². The average Bonchev–Trinajstić information content (AvgIpc) is 3.13. The fraction of sp³-hybridized carbons (Fsp3) is 0.415. The van der Waals surface area contributed by atoms with Crippen molar-refractivity contribution in [1.29, 1.82) is 0 Å². The maximum Gasteiger partial charge on any atom is 0.382 e. The van der Waals surface area contributed by atoms with Gasteiger partial charge in [0, 0.05) is 11.5 Å². The molecule has 0 saturated heterocycles. The molecule has 1 saturated carbocycles. The number of ether oxygens (including phenoxy) is 3. The van der Waals surface area contributed by atoms with Crippen LogP contribution in [0.2, 0.25) is 0 Å². The van der Waals surface area contributed by atoms with Crippen molar-refractivity contribution in [2.45, 2.75) is 70.5 Å². The molecule has 1 fully saturated rings. The van der Waals surface area contributed by atoms with Crippen molar-refractivity contribution in [3.8, 4) is 11.1 Å². The van der Waals surface area contributed by atoms with E-state index in [-0.39, 0.29) is 30.3 Å². The molecule has 0 atom stereocenters. The molecule has 1 aliphatic rings. The molecule has 7 nitrogen and oxygen atoms in total. The molecule has 0 bridgehead atoms. The van der Waals surface area contributed by atoms with Gasteiger partial charge in [-0.3, -0.25) is 0 Å². The zero-order valence-corrected chi connectivity index (χ0v) is 29.0. The molecule has 2 N–H and O–H groups in total. The van der Waals surface area contributed by atoms with Crippen LogP contribution in [0.4, 0.5) is 8.78 Å². The van der Waals surface area contributed by atoms with Crippen LogP contribution in [0.15, 0.2) is 104 Å². The summed E-state index contributed by atoms with van der Waals surface area (Å²) in [5, 5.41) is 18.3. The molecule has 2 aromatic rings. The van der Waals surface area contributed by atoms with Gasteiger partial charge < -0.3 is 24.4 Å². The van der Waals surface area contributed by atoms with Gasteiger partial charge in [-0.1, -0.05) is 107 Å². The molecule has 0 aliphatic heterocycles. The third-order valence-electron chi connectivity index (χ3n) is 8.99. The van der Waals surface area contributed by atoms with Crippen molar-refractivity contribution < 1.29 is 42.8 Å². The Balaban J connectivity index is 1.53. The summed E-state index contributed by atoms with van der Waals surface area (Å²) in [4.78, 5) is 24.1. The van der Waals surface area contributed by atoms with E-state index in [2.05, 4.69) is 57.5 Å². The van der Waals surface area contributed by atoms with Gasteiger partial charge in [-0.05, 0) is 72.3 Å². The Kier molecular flexibility index (Phi) is 16.0. The van der Waals surface area contributed by atoms with E-state index in [9.17, 15) is 9.59 Å². The lowest BCUT2D eigenvalue weighted by atomic mass is 9.79. The van der Waals surface area contributed by atoms with Crippen LogP contribution in [-0.2, 0) is 30.2 Å². The van der Waals surface area contributed by atoms with E-state index >= 15 is 8.78 Å². The van der Waals surface area contributed by atoms with E-state index in [0.29, 0.717) is 31.3 Å². The molecule has 0 radical (unpaired) electrons. The molecule has 270 valence electrons. The summed E-state index contributed by atoms with van der Waals surface area (Å²) < 4.78 is 46.0. The Labute approximate surface area is 294 Å². The maximum atomic E-state index is 15.1. The van der Waals surface area contributed by atoms with E-state index < -0.39 is 48.9 Å². The lowest BCUT2D eigenvalue weighted by Gasteiger charge is -2.34. The number of unbranched alkanes of at least 4 members (excludes halogenated alkanes) is 2. The van der Waals surface area contributed by atoms with Crippen LogP contribution in [0, 0.1) is 11.8 Å². The second-order valence-electron chi connectivity index (χ2n) is 12.8. The van der Waals surface area contributed by atoms with E-state index in [1.54, 1.807) is 0 Å². The number of aryl methyl sites for hydroxylation is 1. The minimum Gasteiger partial charge on any atom is -0.462 e. The summed E-state index contributed by atoms with van der Waals surface area (Å²) in [7, 11) is 0. The van der Waals surface area contributed by atoms with Crippen LogP contribution in [0.1, 0.15) is 63.0 Å². The minimum atomic E-state index is -3.61. The zero-order valence-electron chi connectivity index (χ0n) is 29.0. The van der Waals surface area contributed by atoms with Gasteiger partial charge in [-0.15, -0.1) is 0 Å². The first-order valence-electron chi connectivity index (χ1n) is 17.1. The Morgan fingerprint density at radius 3 is 1.84 bits per heavy atom. The molecular formula is C41H50F2O7. The molecule has 9 heteroatoms. The number of halogens is 2. The highest BCUT2D eigenvalue weighted by Gasteiger charge is 2.38. The normalized spacial score (nSPS) is 16.3. The number of carbonyl (C=O) groups excluding carboxylic acids is 2. The zero-order chi connectivity index (χ0) is 36.7. The number of aliphatic hydroxyl groups is 2. The molecule has 0 heterocycles. The smallest absolute Gasteiger partial charge is 0.382 e. The largest absolute Gasteiger partial charge is 0.462 e. The number of hydrogen-bond donors (Lipinski definition) is 2. The fourth-order valence-electron chi connectivity index (χ4n) is 5.70. The summed E-state index contributed by atoms with van der Waals surface area (Å²) in [6.07, 6.45) is 4.52. The maximum absolute atomic E-state index is 15.1. The van der Waals surface area contributed by atoms with Crippen molar-refractivity contribution in [2.75, 3.05) is 26.4 Å². The van der Waals surface area contributed by atoms with Crippen LogP contribution in [0.5, 0.6) is 0 Å². The third kappa shape index (κ3) is 12.3. The lowest BCUT2D eigenvalue weighted by Crippen LogP contribution is -2.36. The predicted molar refractivity (Wildman–Crippen MR) is 192 cm³/mol. The van der Waals surface area contributed by atoms with Crippen molar-refractivity contribution in [3.63, 3.8) is 0 Å². The van der Waals surface area contributed by atoms with Crippen LogP contribution < -0.4 is 0 Å². The van der Waals surface area contributed by atoms with Gasteiger partial charge in [0.2, 0.25) is 0 Å². The molecule has 50 heavy (non-hydrogen) atoms. The fourth-order valence-corrected chi connectivity index (χ4v) is 5.70. The summed E-state index contributed by atoms with van der Waals surface area (Å²) >= 11 is 0. The van der Waals surface area contributed by atoms with E-state index in [4.69, 9.17) is 24.4 Å². The number of alkyl halides is 2. The molecule has 2 aromatic carbocycles. The first-order chi connectivity index (χ1) is 23.9.